The molecule has 0 aromatic rings. The first-order chi connectivity index (χ1) is 8.15. The van der Waals surface area contributed by atoms with Crippen molar-refractivity contribution in [1.29, 1.82) is 0 Å². The average molecular weight is 293 g/mol. The predicted octanol–water partition coefficient (Wildman–Crippen LogP) is 2.01. The molecule has 0 aliphatic carbocycles. The van der Waals surface area contributed by atoms with E-state index in [2.05, 4.69) is 24.1 Å². The molecule has 2 rings (SSSR count). The smallest absolute Gasteiger partial charge is 0.224 e. The van der Waals surface area contributed by atoms with Gasteiger partial charge in [-0.25, -0.2) is 0 Å². The first kappa shape index (κ1) is 16.1. The van der Waals surface area contributed by atoms with Gasteiger partial charge in [-0.15, -0.1) is 12.4 Å². The number of hydrogen-bond acceptors (Lipinski definition) is 3. The molecule has 18 heavy (non-hydrogen) atoms. The Morgan fingerprint density at radius 3 is 2.56 bits per heavy atom. The van der Waals surface area contributed by atoms with Crippen molar-refractivity contribution in [3.05, 3.63) is 0 Å². The van der Waals surface area contributed by atoms with Gasteiger partial charge in [-0.05, 0) is 18.3 Å². The van der Waals surface area contributed by atoms with Gasteiger partial charge < -0.3 is 10.2 Å². The monoisotopic (exact) mass is 292 g/mol. The standard InChI is InChI=1S/C13H24N2OS.ClH/c1-10-5-11(2)8-15(7-10)13(16)6-12-9-17-4-3-14-12;/h10-12,14H,3-9H2,1-2H3;1H. The second-order valence-corrected chi connectivity index (χ2v) is 6.82. The Morgan fingerprint density at radius 1 is 1.33 bits per heavy atom. The third-order valence-electron chi connectivity index (χ3n) is 3.64. The fourth-order valence-electron chi connectivity index (χ4n) is 2.96. The number of piperidine rings is 1. The topological polar surface area (TPSA) is 32.3 Å². The molecule has 2 aliphatic heterocycles. The van der Waals surface area contributed by atoms with Gasteiger partial charge in [-0.2, -0.15) is 11.8 Å². The Kier molecular flexibility index (Phi) is 6.82. The van der Waals surface area contributed by atoms with Gasteiger partial charge in [0.05, 0.1) is 0 Å². The molecule has 0 aromatic heterocycles. The number of rotatable bonds is 2. The lowest BCUT2D eigenvalue weighted by Gasteiger charge is -2.36. The van der Waals surface area contributed by atoms with E-state index in [1.54, 1.807) is 0 Å². The van der Waals surface area contributed by atoms with Crippen molar-refractivity contribution in [2.24, 2.45) is 11.8 Å². The summed E-state index contributed by atoms with van der Waals surface area (Å²) in [6, 6.07) is 0.397. The van der Waals surface area contributed by atoms with Crippen LogP contribution in [0, 0.1) is 11.8 Å². The highest BCUT2D eigenvalue weighted by Crippen LogP contribution is 2.22. The summed E-state index contributed by atoms with van der Waals surface area (Å²) >= 11 is 1.96. The quantitative estimate of drug-likeness (QED) is 0.845. The van der Waals surface area contributed by atoms with Gasteiger partial charge in [0.2, 0.25) is 5.91 Å². The molecule has 1 amide bonds. The molecule has 3 nitrogen and oxygen atoms in total. The zero-order valence-corrected chi connectivity index (χ0v) is 13.0. The van der Waals surface area contributed by atoms with E-state index < -0.39 is 0 Å². The maximum Gasteiger partial charge on any atom is 0.224 e. The number of thioether (sulfide) groups is 1. The molecular weight excluding hydrogens is 268 g/mol. The lowest BCUT2D eigenvalue weighted by Crippen LogP contribution is -2.46. The SMILES string of the molecule is CC1CC(C)CN(C(=O)CC2CSCCN2)C1.Cl. The largest absolute Gasteiger partial charge is 0.342 e. The van der Waals surface area contributed by atoms with E-state index in [9.17, 15) is 4.79 Å². The van der Waals surface area contributed by atoms with Crippen LogP contribution in [0.4, 0.5) is 0 Å². The Labute approximate surface area is 121 Å². The molecule has 0 bridgehead atoms. The molecule has 0 saturated carbocycles. The molecule has 0 aromatic carbocycles. The summed E-state index contributed by atoms with van der Waals surface area (Å²) in [6.45, 7) is 7.48. The molecule has 2 fully saturated rings. The van der Waals surface area contributed by atoms with Gasteiger partial charge in [-0.3, -0.25) is 4.79 Å². The van der Waals surface area contributed by atoms with Gasteiger partial charge in [-0.1, -0.05) is 13.8 Å². The summed E-state index contributed by atoms with van der Waals surface area (Å²) < 4.78 is 0. The van der Waals surface area contributed by atoms with Crippen LogP contribution in [-0.4, -0.2) is 48.0 Å². The fraction of sp³-hybridized carbons (Fsp3) is 0.923. The summed E-state index contributed by atoms with van der Waals surface area (Å²) in [5.74, 6) is 3.95. The highest BCUT2D eigenvalue weighted by Gasteiger charge is 2.27. The Balaban J connectivity index is 0.00000162. The molecule has 2 heterocycles. The minimum absolute atomic E-state index is 0. The van der Waals surface area contributed by atoms with Crippen molar-refractivity contribution < 1.29 is 4.79 Å². The van der Waals surface area contributed by atoms with E-state index in [1.807, 2.05) is 11.8 Å². The summed E-state index contributed by atoms with van der Waals surface area (Å²) in [4.78, 5) is 14.3. The van der Waals surface area contributed by atoms with Gasteiger partial charge >= 0.3 is 0 Å². The maximum absolute atomic E-state index is 12.2. The van der Waals surface area contributed by atoms with Crippen LogP contribution < -0.4 is 5.32 Å². The highest BCUT2D eigenvalue weighted by molar-refractivity contribution is 7.99. The lowest BCUT2D eigenvalue weighted by molar-refractivity contribution is -0.134. The van der Waals surface area contributed by atoms with Crippen molar-refractivity contribution in [2.45, 2.75) is 32.7 Å². The van der Waals surface area contributed by atoms with Gasteiger partial charge in [0.25, 0.3) is 0 Å². The minimum Gasteiger partial charge on any atom is -0.342 e. The molecule has 2 aliphatic rings. The molecule has 0 radical (unpaired) electrons. The maximum atomic E-state index is 12.2. The third kappa shape index (κ3) is 4.63. The van der Waals surface area contributed by atoms with Crippen molar-refractivity contribution in [3.8, 4) is 0 Å². The zero-order valence-electron chi connectivity index (χ0n) is 11.4. The van der Waals surface area contributed by atoms with Crippen LogP contribution in [0.25, 0.3) is 0 Å². The number of carbonyl (C=O) groups is 1. The normalized spacial score (nSPS) is 32.8. The third-order valence-corrected chi connectivity index (χ3v) is 4.77. The summed E-state index contributed by atoms with van der Waals surface area (Å²) in [5, 5.41) is 3.44. The fourth-order valence-corrected chi connectivity index (χ4v) is 3.91. The zero-order chi connectivity index (χ0) is 12.3. The summed E-state index contributed by atoms with van der Waals surface area (Å²) in [7, 11) is 0. The van der Waals surface area contributed by atoms with Crippen LogP contribution >= 0.6 is 24.2 Å². The molecule has 3 atom stereocenters. The van der Waals surface area contributed by atoms with Gasteiger partial charge in [0, 0.05) is 43.6 Å². The Hall–Kier alpha value is 0.0700. The molecule has 0 spiro atoms. The second-order valence-electron chi connectivity index (χ2n) is 5.67. The van der Waals surface area contributed by atoms with Crippen molar-refractivity contribution in [3.63, 3.8) is 0 Å². The Morgan fingerprint density at radius 2 is 2.00 bits per heavy atom. The second kappa shape index (κ2) is 7.61. The highest BCUT2D eigenvalue weighted by atomic mass is 35.5. The van der Waals surface area contributed by atoms with E-state index >= 15 is 0 Å². The van der Waals surface area contributed by atoms with E-state index in [-0.39, 0.29) is 12.4 Å². The first-order valence-electron chi connectivity index (χ1n) is 6.74. The summed E-state index contributed by atoms with van der Waals surface area (Å²) in [6.07, 6.45) is 1.95. The molecule has 106 valence electrons. The van der Waals surface area contributed by atoms with Crippen LogP contribution in [0.3, 0.4) is 0 Å². The first-order valence-corrected chi connectivity index (χ1v) is 7.89. The van der Waals surface area contributed by atoms with Crippen molar-refractivity contribution >= 4 is 30.1 Å². The number of nitrogens with one attached hydrogen (secondary N) is 1. The number of hydrogen-bond donors (Lipinski definition) is 1. The minimum atomic E-state index is 0. The number of likely N-dealkylation sites (tertiary alicyclic amines) is 1. The Bertz CT molecular complexity index is 262. The molecule has 2 saturated heterocycles. The lowest BCUT2D eigenvalue weighted by atomic mass is 9.91. The number of carbonyl (C=O) groups excluding carboxylic acids is 1. The molecule has 3 unspecified atom stereocenters. The molecule has 5 heteroatoms. The van der Waals surface area contributed by atoms with Crippen LogP contribution in [0.1, 0.15) is 26.7 Å². The van der Waals surface area contributed by atoms with Crippen LogP contribution in [0.15, 0.2) is 0 Å². The van der Waals surface area contributed by atoms with E-state index in [0.717, 1.165) is 25.4 Å². The molecular formula is C13H25ClN2OS. The predicted molar refractivity (Wildman–Crippen MR) is 80.5 cm³/mol. The van der Waals surface area contributed by atoms with Gasteiger partial charge in [0.1, 0.15) is 0 Å². The number of amides is 1. The summed E-state index contributed by atoms with van der Waals surface area (Å²) in [5.41, 5.74) is 0. The van der Waals surface area contributed by atoms with E-state index in [0.29, 0.717) is 30.2 Å². The van der Waals surface area contributed by atoms with Crippen molar-refractivity contribution in [2.75, 3.05) is 31.1 Å². The molecule has 1 N–H and O–H groups in total. The van der Waals surface area contributed by atoms with Crippen LogP contribution in [0.5, 0.6) is 0 Å². The van der Waals surface area contributed by atoms with Crippen LogP contribution in [-0.2, 0) is 4.79 Å². The van der Waals surface area contributed by atoms with E-state index in [1.165, 1.54) is 12.2 Å². The average Bonchev–Trinajstić information content (AvgIpc) is 2.29. The van der Waals surface area contributed by atoms with Crippen molar-refractivity contribution in [1.82, 2.24) is 10.2 Å². The number of halogens is 1. The van der Waals surface area contributed by atoms with E-state index in [4.69, 9.17) is 0 Å². The number of nitrogens with zero attached hydrogens (tertiary/aromatic N) is 1. The van der Waals surface area contributed by atoms with Crippen LogP contribution in [0.2, 0.25) is 0 Å². The van der Waals surface area contributed by atoms with Gasteiger partial charge in [0.15, 0.2) is 0 Å².